The first-order valence-corrected chi connectivity index (χ1v) is 11.7. The Kier molecular flexibility index (Phi) is 7.75. The number of amides is 1. The van der Waals surface area contributed by atoms with Gasteiger partial charge in [0.25, 0.3) is 15.9 Å². The molecule has 0 heterocycles. The number of ether oxygens (including phenoxy) is 4. The van der Waals surface area contributed by atoms with E-state index in [0.29, 0.717) is 11.4 Å². The van der Waals surface area contributed by atoms with Crippen molar-refractivity contribution >= 4 is 38.9 Å². The zero-order valence-corrected chi connectivity index (χ0v) is 20.4. The lowest BCUT2D eigenvalue weighted by atomic mass is 10.1. The van der Waals surface area contributed by atoms with Gasteiger partial charge in [-0.25, -0.2) is 8.42 Å². The third kappa shape index (κ3) is 5.46. The maximum absolute atomic E-state index is 12.9. The van der Waals surface area contributed by atoms with Crippen LogP contribution in [0.1, 0.15) is 10.4 Å². The number of rotatable bonds is 9. The van der Waals surface area contributed by atoms with Crippen LogP contribution in [0.3, 0.4) is 0 Å². The number of sulfonamides is 1. The van der Waals surface area contributed by atoms with E-state index >= 15 is 0 Å². The summed E-state index contributed by atoms with van der Waals surface area (Å²) in [6.07, 6.45) is 0. The molecular formula is C23H23ClN2O7S. The van der Waals surface area contributed by atoms with Crippen molar-refractivity contribution in [3.05, 3.63) is 65.2 Å². The summed E-state index contributed by atoms with van der Waals surface area (Å²) in [4.78, 5) is 12.8. The highest BCUT2D eigenvalue weighted by molar-refractivity contribution is 7.92. The van der Waals surface area contributed by atoms with Gasteiger partial charge in [-0.15, -0.1) is 0 Å². The Hall–Kier alpha value is -3.63. The molecule has 180 valence electrons. The number of carbonyl (C=O) groups excluding carboxylic acids is 1. The van der Waals surface area contributed by atoms with Gasteiger partial charge in [0.1, 0.15) is 11.5 Å². The van der Waals surface area contributed by atoms with Gasteiger partial charge in [0, 0.05) is 11.3 Å². The van der Waals surface area contributed by atoms with Crippen molar-refractivity contribution in [2.24, 2.45) is 0 Å². The Morgan fingerprint density at radius 1 is 0.824 bits per heavy atom. The number of hydrogen-bond donors (Lipinski definition) is 2. The summed E-state index contributed by atoms with van der Waals surface area (Å²) in [6, 6.07) is 13.4. The number of nitrogens with one attached hydrogen (secondary N) is 2. The van der Waals surface area contributed by atoms with E-state index in [2.05, 4.69) is 10.0 Å². The number of methoxy groups -OCH3 is 4. The highest BCUT2D eigenvalue weighted by Gasteiger charge is 2.20. The summed E-state index contributed by atoms with van der Waals surface area (Å²) in [6.45, 7) is 0. The van der Waals surface area contributed by atoms with Gasteiger partial charge >= 0.3 is 0 Å². The molecule has 2 N–H and O–H groups in total. The monoisotopic (exact) mass is 506 g/mol. The van der Waals surface area contributed by atoms with Crippen molar-refractivity contribution in [1.29, 1.82) is 0 Å². The van der Waals surface area contributed by atoms with Crippen molar-refractivity contribution in [3.63, 3.8) is 0 Å². The predicted octanol–water partition coefficient (Wildman–Crippen LogP) is 4.43. The fourth-order valence-corrected chi connectivity index (χ4v) is 4.44. The molecule has 0 aliphatic rings. The fourth-order valence-electron chi connectivity index (χ4n) is 3.07. The number of halogens is 1. The van der Waals surface area contributed by atoms with Gasteiger partial charge in [-0.2, -0.15) is 0 Å². The fraction of sp³-hybridized carbons (Fsp3) is 0.174. The molecule has 0 atom stereocenters. The van der Waals surface area contributed by atoms with Gasteiger partial charge in [0.15, 0.2) is 11.5 Å². The minimum Gasteiger partial charge on any atom is -0.497 e. The molecule has 11 heteroatoms. The number of benzene rings is 3. The van der Waals surface area contributed by atoms with Crippen LogP contribution < -0.4 is 29.0 Å². The third-order valence-electron chi connectivity index (χ3n) is 4.77. The van der Waals surface area contributed by atoms with Gasteiger partial charge < -0.3 is 24.3 Å². The highest BCUT2D eigenvalue weighted by Crippen LogP contribution is 2.36. The molecule has 0 fully saturated rings. The lowest BCUT2D eigenvalue weighted by Crippen LogP contribution is -2.16. The second kappa shape index (κ2) is 10.5. The summed E-state index contributed by atoms with van der Waals surface area (Å²) >= 11 is 6.20. The average Bonchev–Trinajstić information content (AvgIpc) is 2.83. The van der Waals surface area contributed by atoms with Gasteiger partial charge in [0.05, 0.1) is 44.0 Å². The largest absolute Gasteiger partial charge is 0.497 e. The molecule has 0 saturated carbocycles. The second-order valence-electron chi connectivity index (χ2n) is 6.84. The maximum Gasteiger partial charge on any atom is 0.261 e. The van der Waals surface area contributed by atoms with E-state index in [1.54, 1.807) is 24.3 Å². The molecule has 9 nitrogen and oxygen atoms in total. The van der Waals surface area contributed by atoms with Crippen molar-refractivity contribution in [3.8, 4) is 23.0 Å². The van der Waals surface area contributed by atoms with Crippen LogP contribution in [0.4, 0.5) is 11.4 Å². The molecule has 1 amide bonds. The van der Waals surface area contributed by atoms with Crippen molar-refractivity contribution in [2.45, 2.75) is 4.90 Å². The van der Waals surface area contributed by atoms with E-state index in [-0.39, 0.29) is 38.4 Å². The minimum absolute atomic E-state index is 0.0789. The summed E-state index contributed by atoms with van der Waals surface area (Å²) in [5.41, 5.74) is 0.674. The minimum atomic E-state index is -3.96. The molecule has 3 rings (SSSR count). The Morgan fingerprint density at radius 3 is 2.09 bits per heavy atom. The second-order valence-corrected chi connectivity index (χ2v) is 8.93. The smallest absolute Gasteiger partial charge is 0.261 e. The summed E-state index contributed by atoms with van der Waals surface area (Å²) in [5, 5.41) is 2.84. The Morgan fingerprint density at radius 2 is 1.50 bits per heavy atom. The number of anilines is 2. The number of hydrogen-bond acceptors (Lipinski definition) is 7. The quantitative estimate of drug-likeness (QED) is 0.441. The molecular weight excluding hydrogens is 484 g/mol. The van der Waals surface area contributed by atoms with E-state index in [0.717, 1.165) is 0 Å². The first-order valence-electron chi connectivity index (χ1n) is 9.80. The molecule has 0 aliphatic heterocycles. The first kappa shape index (κ1) is 25.0. The molecule has 0 aromatic heterocycles. The standard InChI is InChI=1S/C23H23ClN2O7S/c1-30-16-7-5-15(6-8-16)26-34(28,29)17-9-10-20(31-2)19(13-17)25-23(27)14-11-18(24)22(33-4)21(12-14)32-3/h5-13,26H,1-4H3,(H,25,27). The molecule has 0 saturated heterocycles. The zero-order valence-electron chi connectivity index (χ0n) is 18.8. The topological polar surface area (TPSA) is 112 Å². The van der Waals surface area contributed by atoms with Crippen LogP contribution in [0, 0.1) is 0 Å². The van der Waals surface area contributed by atoms with Crippen LogP contribution in [0.5, 0.6) is 23.0 Å². The lowest BCUT2D eigenvalue weighted by Gasteiger charge is -2.15. The van der Waals surface area contributed by atoms with Crippen LogP contribution in [0.25, 0.3) is 0 Å². The van der Waals surface area contributed by atoms with Crippen LogP contribution in [-0.2, 0) is 10.0 Å². The van der Waals surface area contributed by atoms with E-state index in [9.17, 15) is 13.2 Å². The average molecular weight is 507 g/mol. The van der Waals surface area contributed by atoms with Crippen LogP contribution in [0.2, 0.25) is 5.02 Å². The molecule has 0 unspecified atom stereocenters. The molecule has 0 aliphatic carbocycles. The molecule has 0 spiro atoms. The van der Waals surface area contributed by atoms with Gasteiger partial charge in [-0.1, -0.05) is 11.6 Å². The van der Waals surface area contributed by atoms with Crippen LogP contribution in [0.15, 0.2) is 59.5 Å². The van der Waals surface area contributed by atoms with Crippen LogP contribution >= 0.6 is 11.6 Å². The first-order chi connectivity index (χ1) is 16.2. The van der Waals surface area contributed by atoms with Crippen molar-refractivity contribution in [1.82, 2.24) is 0 Å². The highest BCUT2D eigenvalue weighted by atomic mass is 35.5. The number of carbonyl (C=O) groups is 1. The van der Waals surface area contributed by atoms with E-state index in [1.807, 2.05) is 0 Å². The van der Waals surface area contributed by atoms with E-state index in [1.165, 1.54) is 58.8 Å². The zero-order chi connectivity index (χ0) is 24.9. The van der Waals surface area contributed by atoms with Gasteiger partial charge in [-0.05, 0) is 54.6 Å². The van der Waals surface area contributed by atoms with Gasteiger partial charge in [0.2, 0.25) is 0 Å². The Bertz CT molecular complexity index is 1300. The predicted molar refractivity (Wildman–Crippen MR) is 129 cm³/mol. The lowest BCUT2D eigenvalue weighted by molar-refractivity contribution is 0.102. The summed E-state index contributed by atoms with van der Waals surface area (Å²) < 4.78 is 49.1. The molecule has 3 aromatic rings. The van der Waals surface area contributed by atoms with E-state index in [4.69, 9.17) is 30.5 Å². The Balaban J connectivity index is 1.90. The SMILES string of the molecule is COc1ccc(NS(=O)(=O)c2ccc(OC)c(NC(=O)c3cc(Cl)c(OC)c(OC)c3)c2)cc1. The third-order valence-corrected chi connectivity index (χ3v) is 6.43. The van der Waals surface area contributed by atoms with Crippen LogP contribution in [-0.4, -0.2) is 42.8 Å². The molecule has 0 bridgehead atoms. The molecule has 3 aromatic carbocycles. The summed E-state index contributed by atoms with van der Waals surface area (Å²) in [5.74, 6) is 0.859. The molecule has 34 heavy (non-hydrogen) atoms. The van der Waals surface area contributed by atoms with E-state index < -0.39 is 15.9 Å². The molecule has 0 radical (unpaired) electrons. The summed E-state index contributed by atoms with van der Waals surface area (Å²) in [7, 11) is 1.81. The maximum atomic E-state index is 12.9. The van der Waals surface area contributed by atoms with Crippen molar-refractivity contribution in [2.75, 3.05) is 38.5 Å². The van der Waals surface area contributed by atoms with Crippen molar-refractivity contribution < 1.29 is 32.2 Å². The van der Waals surface area contributed by atoms with Gasteiger partial charge in [-0.3, -0.25) is 9.52 Å². The Labute approximate surface area is 202 Å². The normalized spacial score (nSPS) is 10.9.